The van der Waals surface area contributed by atoms with Crippen LogP contribution in [-0.4, -0.2) is 54.5 Å². The Morgan fingerprint density at radius 3 is 2.58 bits per heavy atom. The number of hydrogen-bond acceptors (Lipinski definition) is 3. The Labute approximate surface area is 145 Å². The zero-order chi connectivity index (χ0) is 16.5. The largest absolute Gasteiger partial charge is 0.376 e. The van der Waals surface area contributed by atoms with E-state index in [0.717, 1.165) is 64.0 Å². The fraction of sp³-hybridized carbons (Fsp3) is 0.947. The molecular weight excluding hydrogens is 304 g/mol. The summed E-state index contributed by atoms with van der Waals surface area (Å²) in [5.41, 5.74) is 0. The van der Waals surface area contributed by atoms with Crippen molar-refractivity contribution in [1.82, 2.24) is 10.2 Å². The van der Waals surface area contributed by atoms with Crippen LogP contribution in [0.4, 0.5) is 4.79 Å². The highest BCUT2D eigenvalue weighted by molar-refractivity contribution is 5.75. The van der Waals surface area contributed by atoms with Crippen molar-refractivity contribution in [1.29, 1.82) is 0 Å². The lowest BCUT2D eigenvalue weighted by Gasteiger charge is -2.38. The molecule has 3 saturated heterocycles. The summed E-state index contributed by atoms with van der Waals surface area (Å²) in [6.45, 7) is 3.93. The molecule has 3 heterocycles. The van der Waals surface area contributed by atoms with Crippen LogP contribution in [0, 0.1) is 5.92 Å². The fourth-order valence-corrected chi connectivity index (χ4v) is 4.99. The van der Waals surface area contributed by atoms with Gasteiger partial charge in [0, 0.05) is 19.2 Å². The van der Waals surface area contributed by atoms with Crippen LogP contribution >= 0.6 is 0 Å². The Kier molecular flexibility index (Phi) is 5.00. The average molecular weight is 336 g/mol. The van der Waals surface area contributed by atoms with Gasteiger partial charge in [-0.05, 0) is 63.7 Å². The number of hydrogen-bond donors (Lipinski definition) is 1. The second kappa shape index (κ2) is 7.20. The molecule has 5 nitrogen and oxygen atoms in total. The summed E-state index contributed by atoms with van der Waals surface area (Å²) in [6.07, 6.45) is 11.1. The quantitative estimate of drug-likeness (QED) is 0.858. The van der Waals surface area contributed by atoms with E-state index in [9.17, 15) is 4.79 Å². The number of nitrogens with one attached hydrogen (secondary N) is 1. The van der Waals surface area contributed by atoms with E-state index in [-0.39, 0.29) is 24.3 Å². The third kappa shape index (κ3) is 3.57. The molecule has 1 aliphatic carbocycles. The van der Waals surface area contributed by atoms with Crippen molar-refractivity contribution in [3.05, 3.63) is 0 Å². The number of fused-ring (bicyclic) bond motifs is 2. The maximum absolute atomic E-state index is 13.0. The molecular formula is C19H32N2O3. The van der Waals surface area contributed by atoms with Gasteiger partial charge in [-0.3, -0.25) is 0 Å². The fourth-order valence-electron chi connectivity index (χ4n) is 4.99. The van der Waals surface area contributed by atoms with E-state index < -0.39 is 0 Å². The first kappa shape index (κ1) is 16.6. The van der Waals surface area contributed by atoms with E-state index in [0.29, 0.717) is 12.1 Å². The lowest BCUT2D eigenvalue weighted by molar-refractivity contribution is 0.0577. The first-order valence-corrected chi connectivity index (χ1v) is 10.0. The molecule has 4 atom stereocenters. The summed E-state index contributed by atoms with van der Waals surface area (Å²) >= 11 is 0. The third-order valence-electron chi connectivity index (χ3n) is 6.53. The zero-order valence-electron chi connectivity index (χ0n) is 14.9. The normalized spacial score (nSPS) is 41.5. The summed E-state index contributed by atoms with van der Waals surface area (Å²) in [6, 6.07) is 0.710. The maximum Gasteiger partial charge on any atom is 0.318 e. The van der Waals surface area contributed by atoms with Gasteiger partial charge < -0.3 is 19.7 Å². The van der Waals surface area contributed by atoms with Crippen LogP contribution in [0.1, 0.15) is 64.7 Å². The highest BCUT2D eigenvalue weighted by Crippen LogP contribution is 2.35. The molecule has 136 valence electrons. The molecule has 0 aromatic heterocycles. The van der Waals surface area contributed by atoms with Gasteiger partial charge in [-0.15, -0.1) is 0 Å². The topological polar surface area (TPSA) is 50.8 Å². The van der Waals surface area contributed by atoms with Gasteiger partial charge in [-0.1, -0.05) is 6.92 Å². The molecule has 4 aliphatic rings. The summed E-state index contributed by atoms with van der Waals surface area (Å²) in [5, 5.41) is 3.30. The molecule has 5 heteroatoms. The second-order valence-electron chi connectivity index (χ2n) is 8.37. The molecule has 2 bridgehead atoms. The van der Waals surface area contributed by atoms with E-state index in [1.54, 1.807) is 0 Å². The van der Waals surface area contributed by atoms with Crippen LogP contribution < -0.4 is 5.32 Å². The highest BCUT2D eigenvalue weighted by Gasteiger charge is 2.42. The SMILES string of the molecule is CC1CCC(N(C[C@H]2CCCO2)C(=O)N[C@H]2C[C@H]3CC[C@H]2O3)CC1. The van der Waals surface area contributed by atoms with Crippen molar-refractivity contribution in [3.8, 4) is 0 Å². The number of urea groups is 1. The highest BCUT2D eigenvalue weighted by atomic mass is 16.5. The maximum atomic E-state index is 13.0. The predicted molar refractivity (Wildman–Crippen MR) is 91.9 cm³/mol. The number of nitrogens with zero attached hydrogens (tertiary/aromatic N) is 1. The number of carbonyl (C=O) groups excluding carboxylic acids is 1. The van der Waals surface area contributed by atoms with Crippen molar-refractivity contribution in [3.63, 3.8) is 0 Å². The monoisotopic (exact) mass is 336 g/mol. The molecule has 1 saturated carbocycles. The molecule has 4 fully saturated rings. The van der Waals surface area contributed by atoms with Crippen molar-refractivity contribution in [2.45, 2.75) is 95.1 Å². The van der Waals surface area contributed by atoms with Crippen molar-refractivity contribution in [2.75, 3.05) is 13.2 Å². The molecule has 0 aromatic rings. The Morgan fingerprint density at radius 2 is 1.96 bits per heavy atom. The minimum Gasteiger partial charge on any atom is -0.376 e. The Bertz CT molecular complexity index is 444. The minimum atomic E-state index is 0.117. The van der Waals surface area contributed by atoms with Gasteiger partial charge in [0.15, 0.2) is 0 Å². The van der Waals surface area contributed by atoms with Crippen LogP contribution in [0.3, 0.4) is 0 Å². The van der Waals surface area contributed by atoms with Gasteiger partial charge >= 0.3 is 6.03 Å². The lowest BCUT2D eigenvalue weighted by Crippen LogP contribution is -2.54. The summed E-state index contributed by atoms with van der Waals surface area (Å²) < 4.78 is 11.7. The second-order valence-corrected chi connectivity index (χ2v) is 8.37. The first-order valence-electron chi connectivity index (χ1n) is 10.0. The Hall–Kier alpha value is -0.810. The van der Waals surface area contributed by atoms with Gasteiger partial charge in [0.2, 0.25) is 0 Å². The number of ether oxygens (including phenoxy) is 2. The third-order valence-corrected chi connectivity index (χ3v) is 6.53. The molecule has 0 radical (unpaired) electrons. The summed E-state index contributed by atoms with van der Waals surface area (Å²) in [7, 11) is 0. The van der Waals surface area contributed by atoms with Crippen molar-refractivity contribution < 1.29 is 14.3 Å². The van der Waals surface area contributed by atoms with E-state index in [2.05, 4.69) is 17.1 Å². The van der Waals surface area contributed by atoms with Gasteiger partial charge in [-0.2, -0.15) is 0 Å². The number of rotatable bonds is 4. The molecule has 24 heavy (non-hydrogen) atoms. The van der Waals surface area contributed by atoms with Gasteiger partial charge in [0.05, 0.1) is 24.4 Å². The Morgan fingerprint density at radius 1 is 1.12 bits per heavy atom. The van der Waals surface area contributed by atoms with Gasteiger partial charge in [-0.25, -0.2) is 4.79 Å². The van der Waals surface area contributed by atoms with Crippen molar-refractivity contribution >= 4 is 6.03 Å². The number of carbonyl (C=O) groups is 1. The average Bonchev–Trinajstić information content (AvgIpc) is 3.31. The summed E-state index contributed by atoms with van der Waals surface area (Å²) in [5.74, 6) is 0.799. The van der Waals surface area contributed by atoms with Crippen molar-refractivity contribution in [2.24, 2.45) is 5.92 Å². The van der Waals surface area contributed by atoms with Crippen LogP contribution in [0.15, 0.2) is 0 Å². The zero-order valence-corrected chi connectivity index (χ0v) is 14.9. The Balaban J connectivity index is 1.39. The van der Waals surface area contributed by atoms with Crippen LogP contribution in [0.2, 0.25) is 0 Å². The molecule has 4 rings (SSSR count). The van der Waals surface area contributed by atoms with E-state index in [1.807, 2.05) is 0 Å². The van der Waals surface area contributed by atoms with Crippen LogP contribution in [0.25, 0.3) is 0 Å². The molecule has 0 spiro atoms. The minimum absolute atomic E-state index is 0.117. The predicted octanol–water partition coefficient (Wildman–Crippen LogP) is 3.08. The lowest BCUT2D eigenvalue weighted by atomic mass is 9.86. The molecule has 0 unspecified atom stereocenters. The molecule has 0 aromatic carbocycles. The molecule has 2 amide bonds. The van der Waals surface area contributed by atoms with Crippen LogP contribution in [0.5, 0.6) is 0 Å². The summed E-state index contributed by atoms with van der Waals surface area (Å²) in [4.78, 5) is 15.2. The molecule has 1 N–H and O–H groups in total. The first-order chi connectivity index (χ1) is 11.7. The van der Waals surface area contributed by atoms with E-state index >= 15 is 0 Å². The molecule has 3 aliphatic heterocycles. The standard InChI is InChI=1S/C19H32N2O3/c1-13-4-6-14(7-5-13)21(12-16-3-2-10-23-16)19(22)20-17-11-15-8-9-18(17)24-15/h13-18H,2-12H2,1H3,(H,20,22)/t13?,14?,15-,16-,17+,18-/m1/s1. The smallest absolute Gasteiger partial charge is 0.318 e. The number of amides is 2. The van der Waals surface area contributed by atoms with Crippen LogP contribution in [-0.2, 0) is 9.47 Å². The van der Waals surface area contributed by atoms with E-state index in [1.165, 1.54) is 12.8 Å². The van der Waals surface area contributed by atoms with E-state index in [4.69, 9.17) is 9.47 Å². The van der Waals surface area contributed by atoms with Gasteiger partial charge in [0.25, 0.3) is 0 Å². The van der Waals surface area contributed by atoms with Gasteiger partial charge in [0.1, 0.15) is 0 Å².